The predicted molar refractivity (Wildman–Crippen MR) is 70.3 cm³/mol. The lowest BCUT2D eigenvalue weighted by atomic mass is 10.1. The van der Waals surface area contributed by atoms with Crippen LogP contribution in [0, 0.1) is 3.70 Å². The fraction of sp³-hybridized carbons (Fsp3) is 0.400. The topological polar surface area (TPSA) is 39.2 Å². The smallest absolute Gasteiger partial charge is 0.311 e. The summed E-state index contributed by atoms with van der Waals surface area (Å²) in [6.07, 6.45) is -2.59. The zero-order valence-corrected chi connectivity index (χ0v) is 12.6. The number of hydrogen-bond donors (Lipinski definition) is 0. The van der Waals surface area contributed by atoms with Gasteiger partial charge < -0.3 is 4.74 Å². The van der Waals surface area contributed by atoms with Gasteiger partial charge in [0.1, 0.15) is 3.70 Å². The van der Waals surface area contributed by atoms with Gasteiger partial charge in [-0.25, -0.2) is 13.8 Å². The van der Waals surface area contributed by atoms with E-state index in [9.17, 15) is 13.6 Å². The maximum Gasteiger partial charge on any atom is 0.311 e. The van der Waals surface area contributed by atoms with E-state index in [1.165, 1.54) is 13.2 Å². The number of nitrogens with zero attached hydrogens (tertiary/aromatic N) is 1. The van der Waals surface area contributed by atoms with Crippen LogP contribution in [0.5, 0.6) is 0 Å². The number of ether oxygens (including phenoxy) is 1. The van der Waals surface area contributed by atoms with E-state index < -0.39 is 12.4 Å². The summed E-state index contributed by atoms with van der Waals surface area (Å²) in [5.41, 5.74) is 0.919. The second-order valence-electron chi connectivity index (χ2n) is 3.16. The number of aromatic nitrogens is 1. The van der Waals surface area contributed by atoms with E-state index >= 15 is 0 Å². The molecule has 0 spiro atoms. The summed E-state index contributed by atoms with van der Waals surface area (Å²) in [5, 5.41) is 0.364. The van der Waals surface area contributed by atoms with E-state index in [1.807, 2.05) is 0 Å². The number of rotatable bonds is 4. The van der Waals surface area contributed by atoms with Crippen LogP contribution in [0.25, 0.3) is 0 Å². The molecule has 1 heterocycles. The molecule has 0 amide bonds. The number of halogens is 4. The van der Waals surface area contributed by atoms with Crippen LogP contribution in [-0.2, 0) is 21.3 Å². The molecule has 0 unspecified atom stereocenters. The first kappa shape index (κ1) is 14.7. The molecule has 0 aromatic carbocycles. The lowest BCUT2D eigenvalue weighted by molar-refractivity contribution is -0.139. The van der Waals surface area contributed by atoms with Gasteiger partial charge in [0.25, 0.3) is 6.43 Å². The second kappa shape index (κ2) is 6.58. The highest BCUT2D eigenvalue weighted by Crippen LogP contribution is 2.26. The van der Waals surface area contributed by atoms with Gasteiger partial charge >= 0.3 is 5.97 Å². The summed E-state index contributed by atoms with van der Waals surface area (Å²) in [7, 11) is 1.27. The predicted octanol–water partition coefficient (Wildman–Crippen LogP) is 3.23. The molecule has 0 atom stereocenters. The minimum atomic E-state index is -2.57. The molecule has 0 saturated carbocycles. The SMILES string of the molecule is COC(=O)Cc1nc(I)c(C(F)F)cc1CBr. The Morgan fingerprint density at radius 1 is 1.65 bits per heavy atom. The van der Waals surface area contributed by atoms with Crippen LogP contribution in [0.15, 0.2) is 6.07 Å². The first-order valence-corrected chi connectivity index (χ1v) is 6.78. The maximum atomic E-state index is 12.7. The van der Waals surface area contributed by atoms with Crippen molar-refractivity contribution >= 4 is 44.5 Å². The fourth-order valence-electron chi connectivity index (χ4n) is 1.22. The summed E-state index contributed by atoms with van der Waals surface area (Å²) >= 11 is 4.92. The highest BCUT2D eigenvalue weighted by molar-refractivity contribution is 14.1. The number of esters is 1. The summed E-state index contributed by atoms with van der Waals surface area (Å²) in [6, 6.07) is 1.37. The number of methoxy groups -OCH3 is 1. The number of carbonyl (C=O) groups is 1. The van der Waals surface area contributed by atoms with Crippen molar-refractivity contribution in [3.05, 3.63) is 26.6 Å². The lowest BCUT2D eigenvalue weighted by Crippen LogP contribution is -2.10. The van der Waals surface area contributed by atoms with Crippen LogP contribution >= 0.6 is 38.5 Å². The quantitative estimate of drug-likeness (QED) is 0.325. The Morgan fingerprint density at radius 3 is 2.76 bits per heavy atom. The fourth-order valence-corrected chi connectivity index (χ4v) is 2.38. The molecule has 0 saturated heterocycles. The molecule has 0 N–H and O–H groups in total. The molecule has 1 aromatic rings. The van der Waals surface area contributed by atoms with Crippen LogP contribution in [0.2, 0.25) is 0 Å². The number of carbonyl (C=O) groups excluding carboxylic acids is 1. The van der Waals surface area contributed by atoms with Crippen molar-refractivity contribution in [2.24, 2.45) is 0 Å². The van der Waals surface area contributed by atoms with Crippen LogP contribution in [0.4, 0.5) is 8.78 Å². The molecular formula is C10H9BrF2INO2. The van der Waals surface area contributed by atoms with Crippen LogP contribution in [0.1, 0.15) is 23.2 Å². The third-order valence-corrected chi connectivity index (χ3v) is 3.56. The lowest BCUT2D eigenvalue weighted by Gasteiger charge is -2.10. The van der Waals surface area contributed by atoms with Crippen molar-refractivity contribution in [1.29, 1.82) is 0 Å². The van der Waals surface area contributed by atoms with Crippen LogP contribution in [-0.4, -0.2) is 18.1 Å². The Kier molecular flexibility index (Phi) is 5.71. The summed E-state index contributed by atoms with van der Waals surface area (Å²) in [5.74, 6) is -0.444. The molecule has 0 radical (unpaired) electrons. The van der Waals surface area contributed by atoms with Gasteiger partial charge in [0, 0.05) is 10.9 Å². The molecular weight excluding hydrogens is 411 g/mol. The van der Waals surface area contributed by atoms with E-state index in [1.54, 1.807) is 22.6 Å². The van der Waals surface area contributed by atoms with Crippen LogP contribution in [0.3, 0.4) is 0 Å². The molecule has 94 valence electrons. The van der Waals surface area contributed by atoms with Gasteiger partial charge in [-0.3, -0.25) is 4.79 Å². The molecule has 0 aliphatic carbocycles. The molecule has 3 nitrogen and oxygen atoms in total. The molecule has 0 fully saturated rings. The number of pyridine rings is 1. The van der Waals surface area contributed by atoms with E-state index in [0.29, 0.717) is 16.6 Å². The van der Waals surface area contributed by atoms with Crippen molar-refractivity contribution in [2.75, 3.05) is 7.11 Å². The summed E-state index contributed by atoms with van der Waals surface area (Å²) in [4.78, 5) is 15.2. The average molecular weight is 420 g/mol. The van der Waals surface area contributed by atoms with Crippen LogP contribution < -0.4 is 0 Å². The first-order chi connectivity index (χ1) is 7.99. The zero-order chi connectivity index (χ0) is 13.0. The Labute approximate surface area is 119 Å². The molecule has 17 heavy (non-hydrogen) atoms. The number of alkyl halides is 3. The van der Waals surface area contributed by atoms with Gasteiger partial charge in [-0.15, -0.1) is 0 Å². The molecule has 0 bridgehead atoms. The van der Waals surface area contributed by atoms with Crippen molar-refractivity contribution in [3.8, 4) is 0 Å². The third-order valence-electron chi connectivity index (χ3n) is 2.09. The zero-order valence-electron chi connectivity index (χ0n) is 8.84. The first-order valence-electron chi connectivity index (χ1n) is 4.58. The van der Waals surface area contributed by atoms with Gasteiger partial charge in [-0.2, -0.15) is 0 Å². The molecule has 7 heteroatoms. The maximum absolute atomic E-state index is 12.7. The van der Waals surface area contributed by atoms with Crippen molar-refractivity contribution in [2.45, 2.75) is 18.2 Å². The minimum absolute atomic E-state index is 0.0169. The van der Waals surface area contributed by atoms with Crippen molar-refractivity contribution in [3.63, 3.8) is 0 Å². The largest absolute Gasteiger partial charge is 0.469 e. The summed E-state index contributed by atoms with van der Waals surface area (Å²) in [6.45, 7) is 0. The normalized spacial score (nSPS) is 10.7. The monoisotopic (exact) mass is 419 g/mol. The highest BCUT2D eigenvalue weighted by atomic mass is 127. The molecule has 1 aromatic heterocycles. The Morgan fingerprint density at radius 2 is 2.29 bits per heavy atom. The van der Waals surface area contributed by atoms with E-state index in [0.717, 1.165) is 0 Å². The van der Waals surface area contributed by atoms with E-state index in [2.05, 4.69) is 25.7 Å². The Hall–Kier alpha value is -0.310. The highest BCUT2D eigenvalue weighted by Gasteiger charge is 2.18. The Bertz CT molecular complexity index is 429. The Balaban J connectivity index is 3.14. The van der Waals surface area contributed by atoms with Gasteiger partial charge in [-0.05, 0) is 34.2 Å². The van der Waals surface area contributed by atoms with Gasteiger partial charge in [0.2, 0.25) is 0 Å². The second-order valence-corrected chi connectivity index (χ2v) is 4.74. The van der Waals surface area contributed by atoms with Gasteiger partial charge in [0.15, 0.2) is 0 Å². The molecule has 1 rings (SSSR count). The van der Waals surface area contributed by atoms with Crippen molar-refractivity contribution in [1.82, 2.24) is 4.98 Å². The summed E-state index contributed by atoms with van der Waals surface area (Å²) < 4.78 is 30.0. The standard InChI is InChI=1S/C10H9BrF2INO2/c1-17-8(16)3-7-5(4-11)2-6(9(12)13)10(14)15-7/h2,9H,3-4H2,1H3. The third kappa shape index (κ3) is 3.84. The average Bonchev–Trinajstić information content (AvgIpc) is 2.28. The van der Waals surface area contributed by atoms with Crippen molar-refractivity contribution < 1.29 is 18.3 Å². The molecule has 0 aliphatic heterocycles. The van der Waals surface area contributed by atoms with E-state index in [-0.39, 0.29) is 15.7 Å². The van der Waals surface area contributed by atoms with Gasteiger partial charge in [-0.1, -0.05) is 15.9 Å². The number of hydrogen-bond acceptors (Lipinski definition) is 3. The molecule has 0 aliphatic rings. The minimum Gasteiger partial charge on any atom is -0.469 e. The van der Waals surface area contributed by atoms with E-state index in [4.69, 9.17) is 0 Å². The van der Waals surface area contributed by atoms with Gasteiger partial charge in [0.05, 0.1) is 19.2 Å².